The second-order valence-electron chi connectivity index (χ2n) is 9.92. The number of thiazole rings is 1. The van der Waals surface area contributed by atoms with Crippen molar-refractivity contribution in [1.29, 1.82) is 0 Å². The maximum Gasteiger partial charge on any atom is 0.410 e. The predicted molar refractivity (Wildman–Crippen MR) is 137 cm³/mol. The molecule has 1 unspecified atom stereocenters. The van der Waals surface area contributed by atoms with E-state index >= 15 is 0 Å². The van der Waals surface area contributed by atoms with E-state index in [2.05, 4.69) is 4.98 Å². The van der Waals surface area contributed by atoms with Crippen molar-refractivity contribution in [3.8, 4) is 16.5 Å². The minimum Gasteiger partial charge on any atom is -0.467 e. The standard InChI is InChI=1S/C25H31N3O5S2/c1-16(17-12-14-28(15-13-17)24(29)33-25(2,3)4)32-23-27-21-11-10-20(26-22(21)34-23)18-6-8-19(9-7-18)35(5,30)31/h6-11,16-17H,12-15H2,1-5H3. The summed E-state index contributed by atoms with van der Waals surface area (Å²) >= 11 is 1.39. The number of piperidine rings is 1. The minimum atomic E-state index is -3.24. The Kier molecular flexibility index (Phi) is 7.06. The molecule has 1 fully saturated rings. The van der Waals surface area contributed by atoms with Gasteiger partial charge in [0.05, 0.1) is 10.6 Å². The third-order valence-electron chi connectivity index (χ3n) is 5.96. The Balaban J connectivity index is 1.39. The Labute approximate surface area is 210 Å². The van der Waals surface area contributed by atoms with Crippen molar-refractivity contribution >= 4 is 37.6 Å². The molecule has 10 heteroatoms. The van der Waals surface area contributed by atoms with Gasteiger partial charge in [-0.05, 0) is 70.7 Å². The molecule has 0 spiro atoms. The summed E-state index contributed by atoms with van der Waals surface area (Å²) in [5.74, 6) is 0.317. The number of carbonyl (C=O) groups excluding carboxylic acids is 1. The molecule has 188 valence electrons. The normalized spacial score (nSPS) is 16.3. The molecule has 35 heavy (non-hydrogen) atoms. The molecule has 8 nitrogen and oxygen atoms in total. The zero-order chi connectivity index (χ0) is 25.4. The number of nitrogens with zero attached hydrogens (tertiary/aromatic N) is 3. The first kappa shape index (κ1) is 25.4. The number of ether oxygens (including phenoxy) is 2. The van der Waals surface area contributed by atoms with Crippen LogP contribution in [0, 0.1) is 5.92 Å². The van der Waals surface area contributed by atoms with Crippen molar-refractivity contribution in [2.75, 3.05) is 19.3 Å². The number of fused-ring (bicyclic) bond motifs is 1. The van der Waals surface area contributed by atoms with E-state index in [4.69, 9.17) is 14.5 Å². The van der Waals surface area contributed by atoms with Gasteiger partial charge < -0.3 is 14.4 Å². The fourth-order valence-corrected chi connectivity index (χ4v) is 5.52. The fourth-order valence-electron chi connectivity index (χ4n) is 4.01. The number of pyridine rings is 1. The van der Waals surface area contributed by atoms with Crippen LogP contribution < -0.4 is 4.74 Å². The van der Waals surface area contributed by atoms with E-state index in [1.54, 1.807) is 29.2 Å². The summed E-state index contributed by atoms with van der Waals surface area (Å²) in [6, 6.07) is 10.5. The number of rotatable bonds is 5. The van der Waals surface area contributed by atoms with Gasteiger partial charge in [0.25, 0.3) is 5.19 Å². The molecule has 1 atom stereocenters. The SMILES string of the molecule is CC(Oc1nc2ccc(-c3ccc(S(C)(=O)=O)cc3)nc2s1)C1CCN(C(=O)OC(C)(C)C)CC1. The molecular weight excluding hydrogens is 486 g/mol. The highest BCUT2D eigenvalue weighted by Gasteiger charge is 2.30. The number of sulfone groups is 1. The molecule has 1 amide bonds. The average Bonchev–Trinajstić information content (AvgIpc) is 3.19. The van der Waals surface area contributed by atoms with E-state index in [1.165, 1.54) is 17.6 Å². The molecule has 1 saturated heterocycles. The van der Waals surface area contributed by atoms with E-state index < -0.39 is 15.4 Å². The summed E-state index contributed by atoms with van der Waals surface area (Å²) in [6.45, 7) is 8.96. The van der Waals surface area contributed by atoms with Gasteiger partial charge in [-0.25, -0.2) is 23.2 Å². The lowest BCUT2D eigenvalue weighted by atomic mass is 9.92. The van der Waals surface area contributed by atoms with Gasteiger partial charge in [-0.1, -0.05) is 23.5 Å². The first-order valence-corrected chi connectivity index (χ1v) is 14.3. The summed E-state index contributed by atoms with van der Waals surface area (Å²) in [5.41, 5.74) is 1.84. The zero-order valence-electron chi connectivity index (χ0n) is 20.6. The average molecular weight is 518 g/mol. The predicted octanol–water partition coefficient (Wildman–Crippen LogP) is 5.18. The number of carbonyl (C=O) groups is 1. The Morgan fingerprint density at radius 3 is 2.34 bits per heavy atom. The van der Waals surface area contributed by atoms with E-state index in [0.717, 1.165) is 34.4 Å². The molecule has 0 aliphatic carbocycles. The number of aromatic nitrogens is 2. The fraction of sp³-hybridized carbons (Fsp3) is 0.480. The highest BCUT2D eigenvalue weighted by Crippen LogP contribution is 2.32. The van der Waals surface area contributed by atoms with Crippen LogP contribution in [0.5, 0.6) is 5.19 Å². The lowest BCUT2D eigenvalue weighted by molar-refractivity contribution is 0.0121. The summed E-state index contributed by atoms with van der Waals surface area (Å²) in [5, 5.41) is 0.569. The van der Waals surface area contributed by atoms with Gasteiger partial charge >= 0.3 is 6.09 Å². The van der Waals surface area contributed by atoms with Crippen molar-refractivity contribution in [2.45, 2.75) is 57.1 Å². The topological polar surface area (TPSA) is 98.7 Å². The highest BCUT2D eigenvalue weighted by molar-refractivity contribution is 7.90. The van der Waals surface area contributed by atoms with Gasteiger partial charge in [-0.3, -0.25) is 0 Å². The van der Waals surface area contributed by atoms with Crippen molar-refractivity contribution in [3.63, 3.8) is 0 Å². The minimum absolute atomic E-state index is 0.0423. The van der Waals surface area contributed by atoms with Crippen LogP contribution in [0.1, 0.15) is 40.5 Å². The summed E-state index contributed by atoms with van der Waals surface area (Å²) in [4.78, 5) is 24.4. The van der Waals surface area contributed by atoms with Crippen molar-refractivity contribution < 1.29 is 22.7 Å². The molecular formula is C25H31N3O5S2. The lowest BCUT2D eigenvalue weighted by Gasteiger charge is -2.35. The number of benzene rings is 1. The highest BCUT2D eigenvalue weighted by atomic mass is 32.2. The van der Waals surface area contributed by atoms with Gasteiger partial charge in [0.1, 0.15) is 22.1 Å². The first-order chi connectivity index (χ1) is 16.4. The first-order valence-electron chi connectivity index (χ1n) is 11.6. The van der Waals surface area contributed by atoms with E-state index in [-0.39, 0.29) is 17.1 Å². The molecule has 0 radical (unpaired) electrons. The van der Waals surface area contributed by atoms with Crippen LogP contribution in [0.25, 0.3) is 21.6 Å². The van der Waals surface area contributed by atoms with Crippen LogP contribution in [0.2, 0.25) is 0 Å². The number of amides is 1. The van der Waals surface area contributed by atoms with Crippen LogP contribution in [-0.4, -0.2) is 60.4 Å². The van der Waals surface area contributed by atoms with Gasteiger partial charge in [0, 0.05) is 24.9 Å². The van der Waals surface area contributed by atoms with Crippen LogP contribution in [0.3, 0.4) is 0 Å². The molecule has 3 heterocycles. The second kappa shape index (κ2) is 9.73. The van der Waals surface area contributed by atoms with Crippen molar-refractivity contribution in [3.05, 3.63) is 36.4 Å². The summed E-state index contributed by atoms with van der Waals surface area (Å²) in [7, 11) is -3.24. The van der Waals surface area contributed by atoms with E-state index in [0.29, 0.717) is 24.2 Å². The van der Waals surface area contributed by atoms with Crippen molar-refractivity contribution in [1.82, 2.24) is 14.9 Å². The van der Waals surface area contributed by atoms with Crippen LogP contribution in [0.15, 0.2) is 41.3 Å². The third kappa shape index (κ3) is 6.29. The van der Waals surface area contributed by atoms with Crippen LogP contribution >= 0.6 is 11.3 Å². The van der Waals surface area contributed by atoms with Gasteiger partial charge in [0.2, 0.25) is 0 Å². The molecule has 0 saturated carbocycles. The molecule has 3 aromatic rings. The third-order valence-corrected chi connectivity index (χ3v) is 7.94. The molecule has 2 aromatic heterocycles. The molecule has 1 aromatic carbocycles. The molecule has 0 N–H and O–H groups in total. The molecule has 0 bridgehead atoms. The molecule has 4 rings (SSSR count). The monoisotopic (exact) mass is 517 g/mol. The van der Waals surface area contributed by atoms with Gasteiger partial charge in [-0.15, -0.1) is 0 Å². The quantitative estimate of drug-likeness (QED) is 0.460. The Bertz CT molecular complexity index is 1310. The maximum atomic E-state index is 12.3. The Hall–Kier alpha value is -2.72. The second-order valence-corrected chi connectivity index (χ2v) is 12.9. The maximum absolute atomic E-state index is 12.3. The van der Waals surface area contributed by atoms with Gasteiger partial charge in [0.15, 0.2) is 9.84 Å². The lowest BCUT2D eigenvalue weighted by Crippen LogP contribution is -2.44. The summed E-state index contributed by atoms with van der Waals surface area (Å²) < 4.78 is 35.1. The molecule has 1 aliphatic heterocycles. The smallest absolute Gasteiger partial charge is 0.410 e. The van der Waals surface area contributed by atoms with Crippen LogP contribution in [0.4, 0.5) is 4.79 Å². The summed E-state index contributed by atoms with van der Waals surface area (Å²) in [6.07, 6.45) is 2.58. The molecule has 1 aliphatic rings. The zero-order valence-corrected chi connectivity index (χ0v) is 22.3. The van der Waals surface area contributed by atoms with Crippen molar-refractivity contribution in [2.24, 2.45) is 5.92 Å². The van der Waals surface area contributed by atoms with Gasteiger partial charge in [-0.2, -0.15) is 0 Å². The Morgan fingerprint density at radius 2 is 1.74 bits per heavy atom. The number of hydrogen-bond acceptors (Lipinski definition) is 8. The Morgan fingerprint density at radius 1 is 1.09 bits per heavy atom. The largest absolute Gasteiger partial charge is 0.467 e. The number of hydrogen-bond donors (Lipinski definition) is 0. The van der Waals surface area contributed by atoms with E-state index in [1.807, 2.05) is 39.8 Å². The van der Waals surface area contributed by atoms with E-state index in [9.17, 15) is 13.2 Å². The van der Waals surface area contributed by atoms with Crippen LogP contribution in [-0.2, 0) is 14.6 Å². The number of likely N-dealkylation sites (tertiary alicyclic amines) is 1.